The lowest BCUT2D eigenvalue weighted by Gasteiger charge is -2.23. The van der Waals surface area contributed by atoms with Gasteiger partial charge in [-0.3, -0.25) is 0 Å². The number of nitrogens with zero attached hydrogens (tertiary/aromatic N) is 1. The Morgan fingerprint density at radius 1 is 1.46 bits per heavy atom. The first kappa shape index (κ1) is 10.4. The Morgan fingerprint density at radius 2 is 2.08 bits per heavy atom. The topological polar surface area (TPSA) is 63.6 Å². The summed E-state index contributed by atoms with van der Waals surface area (Å²) in [7, 11) is -2.89. The predicted molar refractivity (Wildman–Crippen MR) is 49.0 cm³/mol. The van der Waals surface area contributed by atoms with Crippen molar-refractivity contribution in [1.82, 2.24) is 0 Å². The van der Waals surface area contributed by atoms with Gasteiger partial charge in [-0.25, -0.2) is 13.2 Å². The molecule has 0 bridgehead atoms. The number of rotatable bonds is 2. The highest BCUT2D eigenvalue weighted by molar-refractivity contribution is 7.91. The van der Waals surface area contributed by atoms with Crippen molar-refractivity contribution in [2.45, 2.75) is 25.8 Å². The number of sulfone groups is 1. The molecular weight excluding hydrogens is 190 g/mol. The molecular formula is C8H13NO3S. The lowest BCUT2D eigenvalue weighted by atomic mass is 9.88. The third kappa shape index (κ3) is 2.39. The van der Waals surface area contributed by atoms with Crippen LogP contribution in [0.4, 0.5) is 0 Å². The minimum atomic E-state index is -2.89. The molecule has 0 aromatic heterocycles. The number of isocyanates is 1. The number of hydrogen-bond donors (Lipinski definition) is 0. The summed E-state index contributed by atoms with van der Waals surface area (Å²) >= 11 is 0. The molecule has 1 fully saturated rings. The average molecular weight is 203 g/mol. The molecule has 1 heterocycles. The molecule has 1 saturated heterocycles. The molecule has 1 atom stereocenters. The Balaban J connectivity index is 2.82. The Bertz CT molecular complexity index is 338. The first-order chi connectivity index (χ1) is 5.87. The fraction of sp³-hybridized carbons (Fsp3) is 0.875. The van der Waals surface area contributed by atoms with Gasteiger partial charge in [-0.15, -0.1) is 0 Å². The molecule has 5 heteroatoms. The van der Waals surface area contributed by atoms with Gasteiger partial charge in [0, 0.05) is 0 Å². The molecule has 0 amide bonds. The summed E-state index contributed by atoms with van der Waals surface area (Å²) in [5.41, 5.74) is -0.592. The zero-order valence-electron chi connectivity index (χ0n) is 7.78. The van der Waals surface area contributed by atoms with E-state index in [2.05, 4.69) is 4.99 Å². The quantitative estimate of drug-likeness (QED) is 0.486. The molecule has 0 radical (unpaired) electrons. The van der Waals surface area contributed by atoms with E-state index in [9.17, 15) is 13.2 Å². The second-order valence-electron chi connectivity index (χ2n) is 3.96. The molecule has 0 aliphatic carbocycles. The van der Waals surface area contributed by atoms with Crippen molar-refractivity contribution in [3.05, 3.63) is 0 Å². The SMILES string of the molecule is CC(C)(N=C=O)C1CCS(=O)(=O)C1. The second kappa shape index (κ2) is 3.24. The van der Waals surface area contributed by atoms with E-state index in [1.165, 1.54) is 6.08 Å². The average Bonchev–Trinajstić information content (AvgIpc) is 2.30. The van der Waals surface area contributed by atoms with Crippen LogP contribution >= 0.6 is 0 Å². The summed E-state index contributed by atoms with van der Waals surface area (Å²) in [4.78, 5) is 13.7. The summed E-state index contributed by atoms with van der Waals surface area (Å²) < 4.78 is 22.3. The van der Waals surface area contributed by atoms with Crippen molar-refractivity contribution in [2.75, 3.05) is 11.5 Å². The lowest BCUT2D eigenvalue weighted by molar-refractivity contribution is 0.354. The lowest BCUT2D eigenvalue weighted by Crippen LogP contribution is -2.29. The highest BCUT2D eigenvalue weighted by Crippen LogP contribution is 2.31. The standard InChI is InChI=1S/C8H13NO3S/c1-8(2,9-6-10)7-3-4-13(11,12)5-7/h7H,3-5H2,1-2H3. The van der Waals surface area contributed by atoms with Crippen molar-refractivity contribution >= 4 is 15.9 Å². The van der Waals surface area contributed by atoms with Gasteiger partial charge in [0.05, 0.1) is 17.0 Å². The van der Waals surface area contributed by atoms with E-state index in [0.717, 1.165) is 0 Å². The zero-order valence-corrected chi connectivity index (χ0v) is 8.60. The van der Waals surface area contributed by atoms with Crippen LogP contribution < -0.4 is 0 Å². The van der Waals surface area contributed by atoms with Gasteiger partial charge in [0.25, 0.3) is 0 Å². The summed E-state index contributed by atoms with van der Waals surface area (Å²) in [5, 5.41) is 0. The fourth-order valence-corrected chi connectivity index (χ4v) is 3.56. The number of hydrogen-bond acceptors (Lipinski definition) is 4. The maximum absolute atomic E-state index is 11.2. The van der Waals surface area contributed by atoms with Crippen LogP contribution in [-0.2, 0) is 14.6 Å². The van der Waals surface area contributed by atoms with E-state index in [-0.39, 0.29) is 17.4 Å². The van der Waals surface area contributed by atoms with Crippen molar-refractivity contribution < 1.29 is 13.2 Å². The Morgan fingerprint density at radius 3 is 2.46 bits per heavy atom. The van der Waals surface area contributed by atoms with Crippen LogP contribution in [0.5, 0.6) is 0 Å². The van der Waals surface area contributed by atoms with Crippen LogP contribution in [0, 0.1) is 5.92 Å². The minimum absolute atomic E-state index is 0.0426. The smallest absolute Gasteiger partial charge is 0.229 e. The van der Waals surface area contributed by atoms with Crippen molar-refractivity contribution in [3.63, 3.8) is 0 Å². The first-order valence-corrected chi connectivity index (χ1v) is 5.99. The van der Waals surface area contributed by atoms with Gasteiger partial charge >= 0.3 is 0 Å². The number of aliphatic imine (C=N–C) groups is 1. The largest absolute Gasteiger partial charge is 0.235 e. The summed E-state index contributed by atoms with van der Waals surface area (Å²) in [6.45, 7) is 3.53. The van der Waals surface area contributed by atoms with E-state index in [0.29, 0.717) is 6.42 Å². The highest BCUT2D eigenvalue weighted by Gasteiger charge is 2.38. The highest BCUT2D eigenvalue weighted by atomic mass is 32.2. The first-order valence-electron chi connectivity index (χ1n) is 4.17. The van der Waals surface area contributed by atoms with Gasteiger partial charge in [0.15, 0.2) is 9.84 Å². The van der Waals surface area contributed by atoms with E-state index in [1.54, 1.807) is 13.8 Å². The molecule has 74 valence electrons. The zero-order chi connectivity index (χ0) is 10.1. The molecule has 13 heavy (non-hydrogen) atoms. The summed E-state index contributed by atoms with van der Waals surface area (Å²) in [6.07, 6.45) is 2.09. The molecule has 0 aromatic rings. The van der Waals surface area contributed by atoms with Crippen LogP contribution in [0.15, 0.2) is 4.99 Å². The van der Waals surface area contributed by atoms with Crippen LogP contribution in [0.2, 0.25) is 0 Å². The van der Waals surface area contributed by atoms with Crippen LogP contribution in [0.25, 0.3) is 0 Å². The third-order valence-electron chi connectivity index (χ3n) is 2.57. The monoisotopic (exact) mass is 203 g/mol. The maximum Gasteiger partial charge on any atom is 0.235 e. The van der Waals surface area contributed by atoms with Crippen LogP contribution in [0.1, 0.15) is 20.3 Å². The summed E-state index contributed by atoms with van der Waals surface area (Å²) in [5.74, 6) is 0.319. The van der Waals surface area contributed by atoms with Gasteiger partial charge in [-0.05, 0) is 26.2 Å². The van der Waals surface area contributed by atoms with E-state index in [1.807, 2.05) is 0 Å². The summed E-state index contributed by atoms with van der Waals surface area (Å²) in [6, 6.07) is 0. The second-order valence-corrected chi connectivity index (χ2v) is 6.19. The van der Waals surface area contributed by atoms with Crippen LogP contribution in [-0.4, -0.2) is 31.5 Å². The molecule has 0 saturated carbocycles. The molecule has 1 rings (SSSR count). The normalized spacial score (nSPS) is 26.8. The van der Waals surface area contributed by atoms with E-state index in [4.69, 9.17) is 0 Å². The Hall–Kier alpha value is -0.670. The molecule has 1 aliphatic rings. The maximum atomic E-state index is 11.2. The van der Waals surface area contributed by atoms with Crippen molar-refractivity contribution in [3.8, 4) is 0 Å². The van der Waals surface area contributed by atoms with Gasteiger partial charge < -0.3 is 0 Å². The molecule has 1 aliphatic heterocycles. The predicted octanol–water partition coefficient (Wildman–Crippen LogP) is 0.536. The molecule has 0 spiro atoms. The minimum Gasteiger partial charge on any atom is -0.229 e. The van der Waals surface area contributed by atoms with Gasteiger partial charge in [-0.2, -0.15) is 4.99 Å². The molecule has 0 N–H and O–H groups in total. The van der Waals surface area contributed by atoms with Gasteiger partial charge in [0.1, 0.15) is 0 Å². The molecule has 4 nitrogen and oxygen atoms in total. The van der Waals surface area contributed by atoms with Crippen LogP contribution in [0.3, 0.4) is 0 Å². The van der Waals surface area contributed by atoms with Crippen molar-refractivity contribution in [1.29, 1.82) is 0 Å². The van der Waals surface area contributed by atoms with Gasteiger partial charge in [0.2, 0.25) is 6.08 Å². The Kier molecular flexibility index (Phi) is 2.59. The Labute approximate surface area is 78.0 Å². The third-order valence-corrected chi connectivity index (χ3v) is 4.33. The fourth-order valence-electron chi connectivity index (χ4n) is 1.56. The van der Waals surface area contributed by atoms with E-state index < -0.39 is 15.4 Å². The van der Waals surface area contributed by atoms with E-state index >= 15 is 0 Å². The van der Waals surface area contributed by atoms with Gasteiger partial charge in [-0.1, -0.05) is 0 Å². The van der Waals surface area contributed by atoms with Crippen molar-refractivity contribution in [2.24, 2.45) is 10.9 Å². The molecule has 1 unspecified atom stereocenters. The number of carbonyl (C=O) groups excluding carboxylic acids is 1. The molecule has 0 aromatic carbocycles.